The van der Waals surface area contributed by atoms with Gasteiger partial charge in [-0.1, -0.05) is 41.5 Å². The first-order chi connectivity index (χ1) is 9.79. The first kappa shape index (κ1) is 18.2. The molecule has 3 nitrogen and oxygen atoms in total. The molecule has 1 rings (SSSR count). The molecule has 1 aromatic heterocycles. The number of aromatic nitrogens is 2. The number of nitrogens with zero attached hydrogens (tertiary/aromatic N) is 2. The highest BCUT2D eigenvalue weighted by Gasteiger charge is 2.30. The normalized spacial score (nSPS) is 12.9. The van der Waals surface area contributed by atoms with Crippen molar-refractivity contribution < 1.29 is 5.11 Å². The maximum atomic E-state index is 11.0. The van der Waals surface area contributed by atoms with E-state index in [1.165, 1.54) is 0 Å². The van der Waals surface area contributed by atoms with Crippen molar-refractivity contribution in [1.29, 1.82) is 0 Å². The molecule has 0 aromatic carbocycles. The Hall–Kier alpha value is -0.830. The second-order valence-corrected chi connectivity index (χ2v) is 7.35. The molecule has 1 heterocycles. The predicted octanol–water partition coefficient (Wildman–Crippen LogP) is 4.61. The highest BCUT2D eigenvalue weighted by Crippen LogP contribution is 2.28. The summed E-state index contributed by atoms with van der Waals surface area (Å²) >= 11 is 0. The van der Waals surface area contributed by atoms with Crippen molar-refractivity contribution in [3.05, 3.63) is 18.0 Å². The van der Waals surface area contributed by atoms with Gasteiger partial charge in [0.15, 0.2) is 0 Å². The molecule has 1 N–H and O–H groups in total. The van der Waals surface area contributed by atoms with Gasteiger partial charge in [0.2, 0.25) is 0 Å². The maximum absolute atomic E-state index is 11.0. The minimum Gasteiger partial charge on any atom is -0.389 e. The quantitative estimate of drug-likeness (QED) is 0.722. The highest BCUT2D eigenvalue weighted by molar-refractivity contribution is 5.05. The molecule has 0 atom stereocenters. The molecule has 0 saturated heterocycles. The lowest BCUT2D eigenvalue weighted by Gasteiger charge is -2.31. The minimum absolute atomic E-state index is 0.474. The largest absolute Gasteiger partial charge is 0.389 e. The Labute approximate surface area is 130 Å². The van der Waals surface area contributed by atoms with Crippen molar-refractivity contribution in [2.75, 3.05) is 0 Å². The Balaban J connectivity index is 2.83. The van der Waals surface area contributed by atoms with Gasteiger partial charge in [0, 0.05) is 12.6 Å². The fourth-order valence-corrected chi connectivity index (χ4v) is 3.42. The SMILES string of the molecule is CCC(CC)n1ccc(CC(O)(CC(C)C)CC(C)C)n1. The van der Waals surface area contributed by atoms with Crippen LogP contribution in [-0.2, 0) is 6.42 Å². The lowest BCUT2D eigenvalue weighted by molar-refractivity contribution is -0.000215. The van der Waals surface area contributed by atoms with E-state index in [0.29, 0.717) is 24.3 Å². The van der Waals surface area contributed by atoms with Crippen LogP contribution in [0.15, 0.2) is 12.3 Å². The third-order valence-corrected chi connectivity index (χ3v) is 4.07. The van der Waals surface area contributed by atoms with Crippen molar-refractivity contribution in [2.24, 2.45) is 11.8 Å². The summed E-state index contributed by atoms with van der Waals surface area (Å²) in [5.74, 6) is 0.990. The van der Waals surface area contributed by atoms with Gasteiger partial charge in [-0.25, -0.2) is 0 Å². The average Bonchev–Trinajstić information content (AvgIpc) is 2.76. The van der Waals surface area contributed by atoms with Crippen LogP contribution in [0.1, 0.15) is 79.0 Å². The first-order valence-electron chi connectivity index (χ1n) is 8.56. The topological polar surface area (TPSA) is 38.0 Å². The van der Waals surface area contributed by atoms with Crippen LogP contribution < -0.4 is 0 Å². The molecule has 122 valence electrons. The Morgan fingerprint density at radius 2 is 1.62 bits per heavy atom. The van der Waals surface area contributed by atoms with Gasteiger partial charge in [-0.05, 0) is 43.6 Å². The summed E-state index contributed by atoms with van der Waals surface area (Å²) in [4.78, 5) is 0. The third kappa shape index (κ3) is 5.82. The lowest BCUT2D eigenvalue weighted by atomic mass is 9.82. The molecule has 0 spiro atoms. The summed E-state index contributed by atoms with van der Waals surface area (Å²) in [6, 6.07) is 2.55. The monoisotopic (exact) mass is 294 g/mol. The van der Waals surface area contributed by atoms with Crippen molar-refractivity contribution in [2.45, 2.75) is 85.3 Å². The molecular formula is C18H34N2O. The van der Waals surface area contributed by atoms with Crippen molar-refractivity contribution >= 4 is 0 Å². The molecule has 1 aromatic rings. The molecule has 0 unspecified atom stereocenters. The van der Waals surface area contributed by atoms with Crippen molar-refractivity contribution in [3.8, 4) is 0 Å². The summed E-state index contributed by atoms with van der Waals surface area (Å²) < 4.78 is 2.07. The van der Waals surface area contributed by atoms with E-state index < -0.39 is 5.60 Å². The highest BCUT2D eigenvalue weighted by atomic mass is 16.3. The van der Waals surface area contributed by atoms with Crippen LogP contribution >= 0.6 is 0 Å². The zero-order chi connectivity index (χ0) is 16.0. The molecule has 0 aliphatic heterocycles. The predicted molar refractivity (Wildman–Crippen MR) is 89.4 cm³/mol. The average molecular weight is 294 g/mol. The fourth-order valence-electron chi connectivity index (χ4n) is 3.42. The van der Waals surface area contributed by atoms with E-state index in [4.69, 9.17) is 5.10 Å². The Morgan fingerprint density at radius 3 is 2.05 bits per heavy atom. The third-order valence-electron chi connectivity index (χ3n) is 4.07. The van der Waals surface area contributed by atoms with E-state index >= 15 is 0 Å². The Morgan fingerprint density at radius 1 is 1.10 bits per heavy atom. The second-order valence-electron chi connectivity index (χ2n) is 7.35. The van der Waals surface area contributed by atoms with Crippen molar-refractivity contribution in [3.63, 3.8) is 0 Å². The van der Waals surface area contributed by atoms with Gasteiger partial charge in [-0.2, -0.15) is 5.10 Å². The minimum atomic E-state index is -0.630. The lowest BCUT2D eigenvalue weighted by Crippen LogP contribution is -2.35. The molecule has 0 bridgehead atoms. The van der Waals surface area contributed by atoms with Gasteiger partial charge < -0.3 is 5.11 Å². The molecule has 0 saturated carbocycles. The summed E-state index contributed by atoms with van der Waals surface area (Å²) in [7, 11) is 0. The van der Waals surface area contributed by atoms with Gasteiger partial charge in [-0.15, -0.1) is 0 Å². The smallest absolute Gasteiger partial charge is 0.0708 e. The van der Waals surface area contributed by atoms with Gasteiger partial charge in [0.1, 0.15) is 0 Å². The Bertz CT molecular complexity index is 395. The van der Waals surface area contributed by atoms with Crippen LogP contribution in [-0.4, -0.2) is 20.5 Å². The molecule has 21 heavy (non-hydrogen) atoms. The summed E-state index contributed by atoms with van der Waals surface area (Å²) in [5.41, 5.74) is 0.390. The molecular weight excluding hydrogens is 260 g/mol. The molecule has 0 aliphatic carbocycles. The summed E-state index contributed by atoms with van der Waals surface area (Å²) in [5, 5.41) is 15.7. The van der Waals surface area contributed by atoms with Gasteiger partial charge in [0.05, 0.1) is 17.3 Å². The van der Waals surface area contributed by atoms with Crippen LogP contribution in [0.25, 0.3) is 0 Å². The van der Waals surface area contributed by atoms with E-state index in [0.717, 1.165) is 31.4 Å². The Kier molecular flexibility index (Phi) is 6.92. The second kappa shape index (κ2) is 7.98. The summed E-state index contributed by atoms with van der Waals surface area (Å²) in [6.07, 6.45) is 6.60. The number of hydrogen-bond acceptors (Lipinski definition) is 2. The van der Waals surface area contributed by atoms with Crippen LogP contribution in [0, 0.1) is 11.8 Å². The fraction of sp³-hybridized carbons (Fsp3) is 0.833. The van der Waals surface area contributed by atoms with Crippen LogP contribution in [0.5, 0.6) is 0 Å². The van der Waals surface area contributed by atoms with E-state index in [2.05, 4.69) is 58.5 Å². The molecule has 0 amide bonds. The number of rotatable bonds is 9. The van der Waals surface area contributed by atoms with E-state index in [-0.39, 0.29) is 0 Å². The molecule has 3 heteroatoms. The molecule has 0 fully saturated rings. The van der Waals surface area contributed by atoms with E-state index in [1.54, 1.807) is 0 Å². The zero-order valence-corrected chi connectivity index (χ0v) is 14.8. The van der Waals surface area contributed by atoms with Crippen LogP contribution in [0.2, 0.25) is 0 Å². The van der Waals surface area contributed by atoms with E-state index in [1.807, 2.05) is 0 Å². The molecule has 0 aliphatic rings. The zero-order valence-electron chi connectivity index (χ0n) is 14.8. The van der Waals surface area contributed by atoms with Crippen LogP contribution in [0.4, 0.5) is 0 Å². The number of aliphatic hydroxyl groups is 1. The van der Waals surface area contributed by atoms with E-state index in [9.17, 15) is 5.11 Å². The summed E-state index contributed by atoms with van der Waals surface area (Å²) in [6.45, 7) is 13.1. The first-order valence-corrected chi connectivity index (χ1v) is 8.56. The molecule has 0 radical (unpaired) electrons. The van der Waals surface area contributed by atoms with Crippen molar-refractivity contribution in [1.82, 2.24) is 9.78 Å². The van der Waals surface area contributed by atoms with Gasteiger partial charge in [-0.3, -0.25) is 4.68 Å². The van der Waals surface area contributed by atoms with Crippen LogP contribution in [0.3, 0.4) is 0 Å². The van der Waals surface area contributed by atoms with Gasteiger partial charge in [0.25, 0.3) is 0 Å². The maximum Gasteiger partial charge on any atom is 0.0708 e. The number of hydrogen-bond donors (Lipinski definition) is 1. The van der Waals surface area contributed by atoms with Gasteiger partial charge >= 0.3 is 0 Å². The standard InChI is InChI=1S/C18H34N2O/c1-7-17(8-2)20-10-9-16(19-20)13-18(21,11-14(3)4)12-15(5)6/h9-10,14-15,17,21H,7-8,11-13H2,1-6H3.